The number of nitrogens with zero attached hydrogens (tertiary/aromatic N) is 1. The Kier molecular flexibility index (Phi) is 4.38. The average molecular weight is 273 g/mol. The maximum Gasteiger partial charge on any atom is 0.168 e. The molecule has 0 unspecified atom stereocenters. The maximum absolute atomic E-state index is 12.3. The summed E-state index contributed by atoms with van der Waals surface area (Å²) in [5, 5.41) is 0. The summed E-state index contributed by atoms with van der Waals surface area (Å²) in [6.07, 6.45) is 1.54. The molecule has 100 valence electrons. The van der Waals surface area contributed by atoms with E-state index in [0.717, 1.165) is 22.5 Å². The van der Waals surface area contributed by atoms with Crippen LogP contribution in [0.1, 0.15) is 27.0 Å². The third-order valence-corrected chi connectivity index (χ3v) is 4.31. The van der Waals surface area contributed by atoms with Crippen molar-refractivity contribution in [2.24, 2.45) is 0 Å². The van der Waals surface area contributed by atoms with E-state index in [-0.39, 0.29) is 5.78 Å². The minimum absolute atomic E-state index is 0.188. The van der Waals surface area contributed by atoms with E-state index in [4.69, 9.17) is 0 Å². The van der Waals surface area contributed by atoms with Crippen LogP contribution in [-0.4, -0.2) is 19.9 Å². The molecule has 0 aliphatic rings. The van der Waals surface area contributed by atoms with Crippen molar-refractivity contribution in [1.82, 2.24) is 0 Å². The molecule has 3 heteroatoms. The zero-order chi connectivity index (χ0) is 13.8. The van der Waals surface area contributed by atoms with Gasteiger partial charge in [0.25, 0.3) is 0 Å². The molecule has 2 aromatic rings. The Labute approximate surface area is 118 Å². The van der Waals surface area contributed by atoms with E-state index in [1.807, 2.05) is 43.3 Å². The topological polar surface area (TPSA) is 20.3 Å². The number of Topliss-reactive ketones (excluding diaryl/α,β-unsaturated/α-hetero) is 1. The molecule has 0 aliphatic heterocycles. The molecule has 0 fully saturated rings. The quantitative estimate of drug-likeness (QED) is 0.772. The fraction of sp³-hybridized carbons (Fsp3) is 0.312. The number of carbonyl (C=O) groups excluding carboxylic acids is 1. The number of rotatable bonds is 5. The first kappa shape index (κ1) is 13.8. The van der Waals surface area contributed by atoms with Crippen molar-refractivity contribution in [3.8, 4) is 0 Å². The van der Waals surface area contributed by atoms with E-state index >= 15 is 0 Å². The first-order valence-corrected chi connectivity index (χ1v) is 7.30. The lowest BCUT2D eigenvalue weighted by atomic mass is 10.1. The molecule has 2 nitrogen and oxygen atoms in total. The smallest absolute Gasteiger partial charge is 0.168 e. The summed E-state index contributed by atoms with van der Waals surface area (Å²) < 4.78 is 0. The molecule has 2 rings (SSSR count). The number of hydrogen-bond acceptors (Lipinski definition) is 3. The highest BCUT2D eigenvalue weighted by atomic mass is 32.1. The summed E-state index contributed by atoms with van der Waals surface area (Å²) in [5.41, 5.74) is 1.85. The van der Waals surface area contributed by atoms with Crippen LogP contribution in [0.15, 0.2) is 36.4 Å². The van der Waals surface area contributed by atoms with E-state index in [0.29, 0.717) is 6.42 Å². The van der Waals surface area contributed by atoms with Crippen molar-refractivity contribution in [2.75, 3.05) is 19.0 Å². The molecular weight excluding hydrogens is 254 g/mol. The van der Waals surface area contributed by atoms with Gasteiger partial charge < -0.3 is 4.90 Å². The van der Waals surface area contributed by atoms with E-state index in [2.05, 4.69) is 19.1 Å². The Morgan fingerprint density at radius 1 is 1.16 bits per heavy atom. The van der Waals surface area contributed by atoms with Crippen LogP contribution in [0, 0.1) is 0 Å². The van der Waals surface area contributed by atoms with Crippen molar-refractivity contribution in [3.63, 3.8) is 0 Å². The van der Waals surface area contributed by atoms with Crippen LogP contribution in [0.5, 0.6) is 0 Å². The van der Waals surface area contributed by atoms with Gasteiger partial charge in [0.1, 0.15) is 0 Å². The van der Waals surface area contributed by atoms with Gasteiger partial charge in [-0.15, -0.1) is 11.3 Å². The molecule has 0 bridgehead atoms. The van der Waals surface area contributed by atoms with Crippen molar-refractivity contribution in [1.29, 1.82) is 0 Å². The molecule has 1 heterocycles. The molecule has 1 aromatic heterocycles. The van der Waals surface area contributed by atoms with Gasteiger partial charge in [-0.3, -0.25) is 4.79 Å². The standard InChI is InChI=1S/C16H19NOS/c1-4-14-8-9-15(19-14)11-16(18)12-6-5-7-13(10-12)17(2)3/h5-10H,4,11H2,1-3H3. The fourth-order valence-electron chi connectivity index (χ4n) is 1.93. The van der Waals surface area contributed by atoms with Gasteiger partial charge >= 0.3 is 0 Å². The highest BCUT2D eigenvalue weighted by Gasteiger charge is 2.10. The number of hydrogen-bond donors (Lipinski definition) is 0. The van der Waals surface area contributed by atoms with E-state index in [1.54, 1.807) is 11.3 Å². The number of aryl methyl sites for hydroxylation is 1. The first-order chi connectivity index (χ1) is 9.10. The molecule has 0 radical (unpaired) electrons. The second-order valence-electron chi connectivity index (χ2n) is 4.77. The van der Waals surface area contributed by atoms with Crippen LogP contribution < -0.4 is 4.90 Å². The summed E-state index contributed by atoms with van der Waals surface area (Å²) >= 11 is 1.74. The van der Waals surface area contributed by atoms with Gasteiger partial charge in [0.05, 0.1) is 0 Å². The lowest BCUT2D eigenvalue weighted by Gasteiger charge is -2.13. The van der Waals surface area contributed by atoms with Crippen LogP contribution in [0.2, 0.25) is 0 Å². The maximum atomic E-state index is 12.3. The number of anilines is 1. The lowest BCUT2D eigenvalue weighted by molar-refractivity contribution is 0.0994. The van der Waals surface area contributed by atoms with E-state index in [1.165, 1.54) is 4.88 Å². The SMILES string of the molecule is CCc1ccc(CC(=O)c2cccc(N(C)C)c2)s1. The molecule has 1 aromatic carbocycles. The summed E-state index contributed by atoms with van der Waals surface area (Å²) in [6, 6.07) is 12.0. The first-order valence-electron chi connectivity index (χ1n) is 6.48. The van der Waals surface area contributed by atoms with E-state index < -0.39 is 0 Å². The Morgan fingerprint density at radius 2 is 1.89 bits per heavy atom. The van der Waals surface area contributed by atoms with Crippen molar-refractivity contribution in [3.05, 3.63) is 51.7 Å². The van der Waals surface area contributed by atoms with Gasteiger partial charge in [-0.1, -0.05) is 19.1 Å². The predicted octanol–water partition coefficient (Wildman–Crippen LogP) is 3.80. The molecule has 0 atom stereocenters. The number of carbonyl (C=O) groups is 1. The zero-order valence-electron chi connectivity index (χ0n) is 11.6. The lowest BCUT2D eigenvalue weighted by Crippen LogP contribution is -2.10. The Balaban J connectivity index is 2.13. The van der Waals surface area contributed by atoms with Crippen molar-refractivity contribution in [2.45, 2.75) is 19.8 Å². The molecule has 0 aliphatic carbocycles. The van der Waals surface area contributed by atoms with Crippen LogP contribution >= 0.6 is 11.3 Å². The van der Waals surface area contributed by atoms with Crippen LogP contribution in [0.4, 0.5) is 5.69 Å². The van der Waals surface area contributed by atoms with Crippen molar-refractivity contribution >= 4 is 22.8 Å². The summed E-state index contributed by atoms with van der Waals surface area (Å²) in [6.45, 7) is 2.14. The van der Waals surface area contributed by atoms with Crippen molar-refractivity contribution < 1.29 is 4.79 Å². The summed E-state index contributed by atoms with van der Waals surface area (Å²) in [5.74, 6) is 0.188. The molecule has 0 spiro atoms. The van der Waals surface area contributed by atoms with Gasteiger partial charge in [0.2, 0.25) is 0 Å². The monoisotopic (exact) mass is 273 g/mol. The fourth-order valence-corrected chi connectivity index (χ4v) is 2.88. The molecule has 19 heavy (non-hydrogen) atoms. The third-order valence-electron chi connectivity index (χ3n) is 3.09. The molecule has 0 saturated carbocycles. The number of thiophene rings is 1. The average Bonchev–Trinajstić information content (AvgIpc) is 2.86. The molecule has 0 N–H and O–H groups in total. The minimum Gasteiger partial charge on any atom is -0.378 e. The van der Waals surface area contributed by atoms with Crippen LogP contribution in [0.25, 0.3) is 0 Å². The van der Waals surface area contributed by atoms with Crippen LogP contribution in [0.3, 0.4) is 0 Å². The Hall–Kier alpha value is -1.61. The summed E-state index contributed by atoms with van der Waals surface area (Å²) in [4.78, 5) is 16.8. The normalized spacial score (nSPS) is 10.5. The van der Waals surface area contributed by atoms with Gasteiger partial charge in [-0.25, -0.2) is 0 Å². The largest absolute Gasteiger partial charge is 0.378 e. The highest BCUT2D eigenvalue weighted by molar-refractivity contribution is 7.12. The van der Waals surface area contributed by atoms with Gasteiger partial charge in [0.15, 0.2) is 5.78 Å². The number of benzene rings is 1. The predicted molar refractivity (Wildman–Crippen MR) is 82.5 cm³/mol. The third kappa shape index (κ3) is 3.44. The molecule has 0 amide bonds. The second kappa shape index (κ2) is 6.02. The Bertz CT molecular complexity index is 572. The highest BCUT2D eigenvalue weighted by Crippen LogP contribution is 2.20. The number of ketones is 1. The van der Waals surface area contributed by atoms with Crippen LogP contribution in [-0.2, 0) is 12.8 Å². The van der Waals surface area contributed by atoms with Gasteiger partial charge in [-0.2, -0.15) is 0 Å². The van der Waals surface area contributed by atoms with Gasteiger partial charge in [-0.05, 0) is 30.7 Å². The summed E-state index contributed by atoms with van der Waals surface area (Å²) in [7, 11) is 3.97. The second-order valence-corrected chi connectivity index (χ2v) is 6.02. The molecule has 0 saturated heterocycles. The molecular formula is C16H19NOS. The minimum atomic E-state index is 0.188. The van der Waals surface area contributed by atoms with E-state index in [9.17, 15) is 4.79 Å². The Morgan fingerprint density at radius 3 is 2.53 bits per heavy atom. The zero-order valence-corrected chi connectivity index (χ0v) is 12.5. The van der Waals surface area contributed by atoms with Gasteiger partial charge in [0, 0.05) is 41.5 Å².